The number of benzene rings is 2. The molecule has 130 valence electrons. The Hall–Kier alpha value is -2.75. The van der Waals surface area contributed by atoms with Crippen LogP contribution in [-0.2, 0) is 11.2 Å². The van der Waals surface area contributed by atoms with E-state index in [1.165, 1.54) is 5.56 Å². The number of para-hydroxylation sites is 1. The lowest BCUT2D eigenvalue weighted by molar-refractivity contribution is -0.120. The molecule has 0 atom stereocenters. The van der Waals surface area contributed by atoms with E-state index in [4.69, 9.17) is 4.74 Å². The van der Waals surface area contributed by atoms with Gasteiger partial charge in [-0.2, -0.15) is 0 Å². The number of aromatic nitrogens is 1. The minimum atomic E-state index is 0.00559. The average Bonchev–Trinajstić information content (AvgIpc) is 3.01. The number of H-pyrrole nitrogens is 1. The van der Waals surface area contributed by atoms with Crippen molar-refractivity contribution < 1.29 is 9.53 Å². The second-order valence-corrected chi connectivity index (χ2v) is 6.39. The van der Waals surface area contributed by atoms with E-state index in [0.29, 0.717) is 19.6 Å². The maximum atomic E-state index is 12.2. The first-order valence-electron chi connectivity index (χ1n) is 8.57. The Kier molecular flexibility index (Phi) is 5.08. The van der Waals surface area contributed by atoms with Crippen molar-refractivity contribution in [2.75, 3.05) is 13.2 Å². The van der Waals surface area contributed by atoms with Crippen LogP contribution in [0, 0.1) is 20.8 Å². The molecular formula is C21H24N2O2. The normalized spacial score (nSPS) is 10.8. The largest absolute Gasteiger partial charge is 0.491 e. The summed E-state index contributed by atoms with van der Waals surface area (Å²) in [5, 5.41) is 4.03. The summed E-state index contributed by atoms with van der Waals surface area (Å²) in [4.78, 5) is 15.4. The fraction of sp³-hybridized carbons (Fsp3) is 0.286. The molecule has 0 bridgehead atoms. The highest BCUT2D eigenvalue weighted by atomic mass is 16.5. The number of amides is 1. The third kappa shape index (κ3) is 3.85. The topological polar surface area (TPSA) is 54.1 Å². The zero-order chi connectivity index (χ0) is 17.8. The fourth-order valence-electron chi connectivity index (χ4n) is 3.00. The number of hydrogen-bond donors (Lipinski definition) is 2. The van der Waals surface area contributed by atoms with Crippen molar-refractivity contribution in [3.63, 3.8) is 0 Å². The molecule has 1 heterocycles. The predicted octanol–water partition coefficient (Wildman–Crippen LogP) is 3.83. The summed E-state index contributed by atoms with van der Waals surface area (Å²) in [5.41, 5.74) is 5.56. The third-order valence-electron chi connectivity index (χ3n) is 4.57. The number of aromatic amines is 1. The summed E-state index contributed by atoms with van der Waals surface area (Å²) >= 11 is 0. The van der Waals surface area contributed by atoms with E-state index in [-0.39, 0.29) is 5.91 Å². The van der Waals surface area contributed by atoms with Crippen molar-refractivity contribution in [3.8, 4) is 5.75 Å². The minimum Gasteiger partial charge on any atom is -0.491 e. The Morgan fingerprint density at radius 3 is 2.68 bits per heavy atom. The highest BCUT2D eigenvalue weighted by molar-refractivity contribution is 5.88. The maximum Gasteiger partial charge on any atom is 0.224 e. The van der Waals surface area contributed by atoms with Gasteiger partial charge in [0.15, 0.2) is 0 Å². The molecule has 3 aromatic rings. The summed E-state index contributed by atoms with van der Waals surface area (Å²) in [6.07, 6.45) is 2.27. The van der Waals surface area contributed by atoms with Crippen LogP contribution in [0.1, 0.15) is 22.3 Å². The van der Waals surface area contributed by atoms with Gasteiger partial charge in [0.1, 0.15) is 12.4 Å². The summed E-state index contributed by atoms with van der Waals surface area (Å²) < 4.78 is 5.88. The summed E-state index contributed by atoms with van der Waals surface area (Å²) in [7, 11) is 0. The van der Waals surface area contributed by atoms with Gasteiger partial charge in [0.25, 0.3) is 0 Å². The summed E-state index contributed by atoms with van der Waals surface area (Å²) in [5.74, 6) is 0.928. The van der Waals surface area contributed by atoms with Crippen LogP contribution in [0.3, 0.4) is 0 Å². The maximum absolute atomic E-state index is 12.2. The molecule has 0 radical (unpaired) electrons. The molecule has 0 fully saturated rings. The smallest absolute Gasteiger partial charge is 0.224 e. The zero-order valence-corrected chi connectivity index (χ0v) is 15.0. The van der Waals surface area contributed by atoms with Gasteiger partial charge in [-0.15, -0.1) is 0 Å². The van der Waals surface area contributed by atoms with E-state index >= 15 is 0 Å². The van der Waals surface area contributed by atoms with Crippen LogP contribution in [0.5, 0.6) is 5.75 Å². The van der Waals surface area contributed by atoms with Crippen molar-refractivity contribution in [1.82, 2.24) is 10.3 Å². The lowest BCUT2D eigenvalue weighted by Crippen LogP contribution is -2.29. The first-order valence-corrected chi connectivity index (χ1v) is 8.57. The van der Waals surface area contributed by atoms with Crippen LogP contribution < -0.4 is 10.1 Å². The zero-order valence-electron chi connectivity index (χ0n) is 15.0. The Labute approximate surface area is 148 Å². The molecule has 0 aliphatic rings. The molecule has 3 rings (SSSR count). The monoisotopic (exact) mass is 336 g/mol. The number of rotatable bonds is 6. The van der Waals surface area contributed by atoms with E-state index in [2.05, 4.69) is 36.3 Å². The number of ether oxygens (including phenoxy) is 1. The molecule has 0 aliphatic heterocycles. The molecule has 0 saturated carbocycles. The van der Waals surface area contributed by atoms with Gasteiger partial charge in [-0.05, 0) is 49.1 Å². The highest BCUT2D eigenvalue weighted by Gasteiger charge is 2.09. The van der Waals surface area contributed by atoms with Gasteiger partial charge >= 0.3 is 0 Å². The molecule has 4 nitrogen and oxygen atoms in total. The predicted molar refractivity (Wildman–Crippen MR) is 101 cm³/mol. The van der Waals surface area contributed by atoms with Gasteiger partial charge in [-0.25, -0.2) is 0 Å². The van der Waals surface area contributed by atoms with E-state index in [1.54, 1.807) is 0 Å². The van der Waals surface area contributed by atoms with Crippen molar-refractivity contribution >= 4 is 16.8 Å². The van der Waals surface area contributed by atoms with E-state index in [1.807, 2.05) is 37.4 Å². The molecule has 4 heteroatoms. The second kappa shape index (κ2) is 7.43. The molecule has 0 aliphatic carbocycles. The SMILES string of the molecule is Cc1ccc(C)c(OCCNC(=O)Cc2c[nH]c3ccccc23)c1C. The lowest BCUT2D eigenvalue weighted by atomic mass is 10.1. The van der Waals surface area contributed by atoms with Gasteiger partial charge in [0.2, 0.25) is 5.91 Å². The quantitative estimate of drug-likeness (QED) is 0.672. The van der Waals surface area contributed by atoms with Crippen LogP contribution in [0.15, 0.2) is 42.6 Å². The molecule has 25 heavy (non-hydrogen) atoms. The van der Waals surface area contributed by atoms with Gasteiger partial charge < -0.3 is 15.0 Å². The van der Waals surface area contributed by atoms with Gasteiger partial charge in [0, 0.05) is 17.1 Å². The van der Waals surface area contributed by atoms with Crippen LogP contribution in [0.4, 0.5) is 0 Å². The molecule has 1 amide bonds. The fourth-order valence-corrected chi connectivity index (χ4v) is 3.00. The number of hydrogen-bond acceptors (Lipinski definition) is 2. The molecule has 0 spiro atoms. The van der Waals surface area contributed by atoms with Crippen LogP contribution in [0.2, 0.25) is 0 Å². The molecule has 2 aromatic carbocycles. The number of nitrogens with one attached hydrogen (secondary N) is 2. The first kappa shape index (κ1) is 17.1. The van der Waals surface area contributed by atoms with Crippen LogP contribution in [-0.4, -0.2) is 24.0 Å². The van der Waals surface area contributed by atoms with E-state index in [0.717, 1.165) is 33.3 Å². The number of aryl methyl sites for hydroxylation is 2. The Bertz CT molecular complexity index is 896. The number of carbonyl (C=O) groups is 1. The molecule has 1 aromatic heterocycles. The van der Waals surface area contributed by atoms with Crippen LogP contribution in [0.25, 0.3) is 10.9 Å². The molecule has 0 unspecified atom stereocenters. The van der Waals surface area contributed by atoms with Gasteiger partial charge in [-0.3, -0.25) is 4.79 Å². The minimum absolute atomic E-state index is 0.00559. The van der Waals surface area contributed by atoms with Crippen molar-refractivity contribution in [2.24, 2.45) is 0 Å². The number of fused-ring (bicyclic) bond motifs is 1. The van der Waals surface area contributed by atoms with Crippen molar-refractivity contribution in [1.29, 1.82) is 0 Å². The Balaban J connectivity index is 1.51. The van der Waals surface area contributed by atoms with Gasteiger partial charge in [-0.1, -0.05) is 30.3 Å². The summed E-state index contributed by atoms with van der Waals surface area (Å²) in [6.45, 7) is 7.13. The van der Waals surface area contributed by atoms with Crippen molar-refractivity contribution in [2.45, 2.75) is 27.2 Å². The molecule has 2 N–H and O–H groups in total. The highest BCUT2D eigenvalue weighted by Crippen LogP contribution is 2.25. The first-order chi connectivity index (χ1) is 12.1. The summed E-state index contributed by atoms with van der Waals surface area (Å²) in [6, 6.07) is 12.2. The Morgan fingerprint density at radius 1 is 1.08 bits per heavy atom. The van der Waals surface area contributed by atoms with E-state index in [9.17, 15) is 4.79 Å². The van der Waals surface area contributed by atoms with Crippen molar-refractivity contribution in [3.05, 3.63) is 64.8 Å². The lowest BCUT2D eigenvalue weighted by Gasteiger charge is -2.14. The van der Waals surface area contributed by atoms with E-state index < -0.39 is 0 Å². The Morgan fingerprint density at radius 2 is 1.84 bits per heavy atom. The average molecular weight is 336 g/mol. The third-order valence-corrected chi connectivity index (χ3v) is 4.57. The standard InChI is InChI=1S/C21H24N2O2/c1-14-8-9-15(2)21(16(14)3)25-11-10-22-20(24)12-17-13-23-19-7-5-4-6-18(17)19/h4-9,13,23H,10-12H2,1-3H3,(H,22,24). The second-order valence-electron chi connectivity index (χ2n) is 6.39. The molecule has 0 saturated heterocycles. The van der Waals surface area contributed by atoms with Crippen LogP contribution >= 0.6 is 0 Å². The number of carbonyl (C=O) groups excluding carboxylic acids is 1. The molecular weight excluding hydrogens is 312 g/mol. The van der Waals surface area contributed by atoms with Gasteiger partial charge in [0.05, 0.1) is 13.0 Å².